The van der Waals surface area contributed by atoms with Crippen molar-refractivity contribution in [2.75, 3.05) is 6.54 Å². The number of oxime groups is 1. The number of likely N-dealkylation sites (tertiary alicyclic amines) is 1. The fourth-order valence-electron chi connectivity index (χ4n) is 2.77. The number of aromatic nitrogens is 2. The first-order chi connectivity index (χ1) is 9.58. The molecule has 1 aliphatic rings. The average Bonchev–Trinajstić information content (AvgIpc) is 2.74. The molecule has 1 saturated heterocycles. The van der Waals surface area contributed by atoms with Crippen molar-refractivity contribution in [1.29, 1.82) is 0 Å². The van der Waals surface area contributed by atoms with Crippen LogP contribution in [0.1, 0.15) is 37.6 Å². The van der Waals surface area contributed by atoms with Gasteiger partial charge in [0.05, 0.1) is 22.5 Å². The van der Waals surface area contributed by atoms with Gasteiger partial charge in [-0.15, -0.1) is 0 Å². The Hall–Kier alpha value is -1.27. The first kappa shape index (κ1) is 15.1. The molecule has 2 heterocycles. The van der Waals surface area contributed by atoms with Crippen LogP contribution in [0.3, 0.4) is 0 Å². The van der Waals surface area contributed by atoms with Crippen molar-refractivity contribution in [2.45, 2.75) is 45.2 Å². The molecule has 20 heavy (non-hydrogen) atoms. The highest BCUT2D eigenvalue weighted by Gasteiger charge is 2.28. The zero-order valence-corrected chi connectivity index (χ0v) is 12.8. The molecule has 0 saturated carbocycles. The number of aryl methyl sites for hydroxylation is 2. The maximum Gasteiger partial charge on any atom is 0.156 e. The summed E-state index contributed by atoms with van der Waals surface area (Å²) in [5.74, 6) is 0.277. The molecule has 1 atom stereocenters. The third-order valence-corrected chi connectivity index (χ3v) is 4.36. The van der Waals surface area contributed by atoms with E-state index in [0.717, 1.165) is 48.6 Å². The van der Waals surface area contributed by atoms with Gasteiger partial charge in [-0.3, -0.25) is 9.58 Å². The molecule has 3 N–H and O–H groups in total. The van der Waals surface area contributed by atoms with Crippen LogP contribution in [-0.4, -0.2) is 38.3 Å². The lowest BCUT2D eigenvalue weighted by Gasteiger charge is -2.34. The number of halogens is 1. The molecule has 1 aromatic rings. The van der Waals surface area contributed by atoms with Crippen molar-refractivity contribution in [3.63, 3.8) is 0 Å². The fourth-order valence-corrected chi connectivity index (χ4v) is 3.12. The molecule has 112 valence electrons. The van der Waals surface area contributed by atoms with Gasteiger partial charge < -0.3 is 10.9 Å². The molecular weight excluding hydrogens is 278 g/mol. The molecule has 0 bridgehead atoms. The summed E-state index contributed by atoms with van der Waals surface area (Å²) in [6, 6.07) is -0.0233. The molecule has 1 aromatic heterocycles. The van der Waals surface area contributed by atoms with E-state index >= 15 is 0 Å². The van der Waals surface area contributed by atoms with Crippen LogP contribution in [0.2, 0.25) is 5.02 Å². The molecule has 0 aliphatic carbocycles. The molecule has 1 aliphatic heterocycles. The molecule has 0 spiro atoms. The molecular formula is C13H22ClN5O. The molecule has 2 rings (SSSR count). The largest absolute Gasteiger partial charge is 0.409 e. The number of hydrogen-bond acceptors (Lipinski definition) is 4. The van der Waals surface area contributed by atoms with Gasteiger partial charge in [-0.2, -0.15) is 5.10 Å². The molecule has 1 fully saturated rings. The average molecular weight is 300 g/mol. The summed E-state index contributed by atoms with van der Waals surface area (Å²) < 4.78 is 1.83. The highest BCUT2D eigenvalue weighted by molar-refractivity contribution is 6.31. The third kappa shape index (κ3) is 2.91. The van der Waals surface area contributed by atoms with Crippen LogP contribution >= 0.6 is 11.6 Å². The summed E-state index contributed by atoms with van der Waals surface area (Å²) in [4.78, 5) is 2.21. The Kier molecular flexibility index (Phi) is 4.88. The second-order valence-corrected chi connectivity index (χ2v) is 5.57. The van der Waals surface area contributed by atoms with Gasteiger partial charge >= 0.3 is 0 Å². The van der Waals surface area contributed by atoms with Crippen molar-refractivity contribution >= 4 is 17.4 Å². The fraction of sp³-hybridized carbons (Fsp3) is 0.692. The van der Waals surface area contributed by atoms with E-state index in [0.29, 0.717) is 6.54 Å². The Morgan fingerprint density at radius 3 is 2.90 bits per heavy atom. The van der Waals surface area contributed by atoms with Gasteiger partial charge in [0.15, 0.2) is 5.84 Å². The SMILES string of the molecule is CCc1nn(C)c(CN2CCCCC2C(N)=NO)c1Cl. The molecule has 0 amide bonds. The van der Waals surface area contributed by atoms with E-state index in [-0.39, 0.29) is 11.9 Å². The third-order valence-electron chi connectivity index (χ3n) is 3.93. The van der Waals surface area contributed by atoms with E-state index in [2.05, 4.69) is 15.2 Å². The highest BCUT2D eigenvalue weighted by Crippen LogP contribution is 2.25. The second-order valence-electron chi connectivity index (χ2n) is 5.19. The predicted octanol–water partition coefficient (Wildman–Crippen LogP) is 1.74. The Bertz CT molecular complexity index is 499. The smallest absolute Gasteiger partial charge is 0.156 e. The maximum atomic E-state index is 8.91. The van der Waals surface area contributed by atoms with E-state index in [9.17, 15) is 0 Å². The number of amidine groups is 1. The first-order valence-corrected chi connectivity index (χ1v) is 7.38. The first-order valence-electron chi connectivity index (χ1n) is 7.00. The normalized spacial score (nSPS) is 21.4. The topological polar surface area (TPSA) is 79.7 Å². The minimum atomic E-state index is -0.0233. The van der Waals surface area contributed by atoms with Crippen LogP contribution in [0.4, 0.5) is 0 Å². The van der Waals surface area contributed by atoms with Crippen LogP contribution in [0.25, 0.3) is 0 Å². The Morgan fingerprint density at radius 2 is 2.30 bits per heavy atom. The number of piperidine rings is 1. The second kappa shape index (κ2) is 6.45. The van der Waals surface area contributed by atoms with Gasteiger partial charge in [0, 0.05) is 13.6 Å². The molecule has 1 unspecified atom stereocenters. The number of nitrogens with two attached hydrogens (primary N) is 1. The lowest BCUT2D eigenvalue weighted by Crippen LogP contribution is -2.47. The van der Waals surface area contributed by atoms with E-state index in [1.165, 1.54) is 0 Å². The molecule has 6 nitrogen and oxygen atoms in total. The Balaban J connectivity index is 2.21. The Labute approximate surface area is 124 Å². The van der Waals surface area contributed by atoms with Gasteiger partial charge in [-0.05, 0) is 25.8 Å². The van der Waals surface area contributed by atoms with Crippen LogP contribution in [-0.2, 0) is 20.0 Å². The molecule has 0 radical (unpaired) electrons. The van der Waals surface area contributed by atoms with Gasteiger partial charge in [-0.25, -0.2) is 0 Å². The van der Waals surface area contributed by atoms with Crippen LogP contribution in [0, 0.1) is 0 Å². The number of rotatable bonds is 4. The molecule has 7 heteroatoms. The van der Waals surface area contributed by atoms with E-state index < -0.39 is 0 Å². The van der Waals surface area contributed by atoms with Crippen LogP contribution < -0.4 is 5.73 Å². The van der Waals surface area contributed by atoms with Crippen LogP contribution in [0.5, 0.6) is 0 Å². The van der Waals surface area contributed by atoms with Gasteiger partial charge in [0.1, 0.15) is 0 Å². The van der Waals surface area contributed by atoms with Gasteiger partial charge in [0.25, 0.3) is 0 Å². The quantitative estimate of drug-likeness (QED) is 0.384. The standard InChI is InChI=1S/C13H22ClN5O/c1-3-9-12(14)11(18(2)16-9)8-19-7-5-4-6-10(19)13(15)17-20/h10,20H,3-8H2,1-2H3,(H2,15,17). The maximum absolute atomic E-state index is 8.91. The van der Waals surface area contributed by atoms with Gasteiger partial charge in [-0.1, -0.05) is 30.1 Å². The van der Waals surface area contributed by atoms with Crippen molar-refractivity contribution < 1.29 is 5.21 Å². The van der Waals surface area contributed by atoms with Crippen molar-refractivity contribution in [3.8, 4) is 0 Å². The predicted molar refractivity (Wildman–Crippen MR) is 79.1 cm³/mol. The lowest BCUT2D eigenvalue weighted by molar-refractivity contribution is 0.174. The van der Waals surface area contributed by atoms with Crippen molar-refractivity contribution in [1.82, 2.24) is 14.7 Å². The summed E-state index contributed by atoms with van der Waals surface area (Å²) in [5.41, 5.74) is 7.71. The van der Waals surface area contributed by atoms with Crippen LogP contribution in [0.15, 0.2) is 5.16 Å². The summed E-state index contributed by atoms with van der Waals surface area (Å²) in [5, 5.41) is 17.2. The summed E-state index contributed by atoms with van der Waals surface area (Å²) in [7, 11) is 1.91. The van der Waals surface area contributed by atoms with Crippen molar-refractivity contribution in [3.05, 3.63) is 16.4 Å². The zero-order valence-electron chi connectivity index (χ0n) is 12.0. The molecule has 0 aromatic carbocycles. The van der Waals surface area contributed by atoms with E-state index in [1.807, 2.05) is 18.7 Å². The van der Waals surface area contributed by atoms with E-state index in [4.69, 9.17) is 22.5 Å². The number of nitrogens with zero attached hydrogens (tertiary/aromatic N) is 4. The number of hydrogen-bond donors (Lipinski definition) is 2. The summed E-state index contributed by atoms with van der Waals surface area (Å²) in [6.07, 6.45) is 3.93. The van der Waals surface area contributed by atoms with Gasteiger partial charge in [0.2, 0.25) is 0 Å². The van der Waals surface area contributed by atoms with Crippen molar-refractivity contribution in [2.24, 2.45) is 17.9 Å². The minimum absolute atomic E-state index is 0.0233. The highest BCUT2D eigenvalue weighted by atomic mass is 35.5. The summed E-state index contributed by atoms with van der Waals surface area (Å²) in [6.45, 7) is 3.63. The summed E-state index contributed by atoms with van der Waals surface area (Å²) >= 11 is 6.39. The lowest BCUT2D eigenvalue weighted by atomic mass is 10.0. The monoisotopic (exact) mass is 299 g/mol. The Morgan fingerprint density at radius 1 is 1.55 bits per heavy atom. The zero-order chi connectivity index (χ0) is 14.7. The van der Waals surface area contributed by atoms with E-state index in [1.54, 1.807) is 0 Å². The minimum Gasteiger partial charge on any atom is -0.409 e.